The number of nitrogens with one attached hydrogen (secondary N) is 1. The molecule has 0 spiro atoms. The lowest BCUT2D eigenvalue weighted by Crippen LogP contribution is -2.41. The Kier molecular flexibility index (Phi) is 8.63. The predicted molar refractivity (Wildman–Crippen MR) is 141 cm³/mol. The number of hydrogen-bond donors (Lipinski definition) is 2. The number of hydrogen-bond acceptors (Lipinski definition) is 6. The van der Waals surface area contributed by atoms with Crippen LogP contribution in [0.15, 0.2) is 42.7 Å². The molecule has 2 aromatic heterocycles. The fourth-order valence-corrected chi connectivity index (χ4v) is 4.38. The maximum Gasteiger partial charge on any atom is 0.314 e. The molecule has 0 unspecified atom stereocenters. The number of nitrogens with zero attached hydrogens (tertiary/aromatic N) is 4. The first-order valence-corrected chi connectivity index (χ1v) is 15.6. The second-order valence-corrected chi connectivity index (χ2v) is 16.0. The van der Waals surface area contributed by atoms with Crippen molar-refractivity contribution in [2.24, 2.45) is 5.92 Å². The van der Waals surface area contributed by atoms with Crippen LogP contribution in [0.2, 0.25) is 25.7 Å². The quantitative estimate of drug-likeness (QED) is 0.249. The number of carbonyl (C=O) groups excluding carboxylic acids is 2. The average molecular weight is 497 g/mol. The molecule has 0 bridgehead atoms. The lowest BCUT2D eigenvalue weighted by molar-refractivity contribution is -0.143. The summed E-state index contributed by atoms with van der Waals surface area (Å²) in [4.78, 5) is 31.9. The Bertz CT molecular complexity index is 1160. The number of aromatic nitrogens is 3. The molecule has 3 rings (SSSR count). The highest BCUT2D eigenvalue weighted by Crippen LogP contribution is 2.26. The van der Waals surface area contributed by atoms with E-state index in [1.54, 1.807) is 15.8 Å². The first-order valence-electron chi connectivity index (χ1n) is 11.9. The average Bonchev–Trinajstić information content (AvgIpc) is 3.22. The molecule has 0 saturated carbocycles. The zero-order chi connectivity index (χ0) is 25.6. The summed E-state index contributed by atoms with van der Waals surface area (Å²) < 4.78 is 7.48. The summed E-state index contributed by atoms with van der Waals surface area (Å²) >= 11 is 0. The maximum absolute atomic E-state index is 13.1. The standard InChI is InChI=1S/C25H36N6O3Si/c1-18(2)15-30(16-19-9-7-6-8-10-19)25(33)24(32)29-21-14-27-23(26)20-13-28-31(22(20)21)17-34-11-12-35(3,4)5/h6-10,13-14,18H,11-12,15-17H2,1-5H3,(H2,26,27)(H,29,32). The van der Waals surface area contributed by atoms with Gasteiger partial charge in [-0.15, -0.1) is 0 Å². The Morgan fingerprint density at radius 2 is 1.89 bits per heavy atom. The summed E-state index contributed by atoms with van der Waals surface area (Å²) in [6, 6.07) is 10.6. The van der Waals surface area contributed by atoms with Gasteiger partial charge < -0.3 is 20.7 Å². The van der Waals surface area contributed by atoms with Crippen LogP contribution < -0.4 is 11.1 Å². The number of benzene rings is 1. The summed E-state index contributed by atoms with van der Waals surface area (Å²) in [5.41, 5.74) is 7.94. The summed E-state index contributed by atoms with van der Waals surface area (Å²) in [5.74, 6) is -0.842. The highest BCUT2D eigenvalue weighted by molar-refractivity contribution is 6.76. The van der Waals surface area contributed by atoms with Crippen LogP contribution in [0.4, 0.5) is 11.5 Å². The van der Waals surface area contributed by atoms with E-state index in [2.05, 4.69) is 35.0 Å². The molecule has 0 aliphatic carbocycles. The molecule has 188 valence electrons. The van der Waals surface area contributed by atoms with Gasteiger partial charge in [0.1, 0.15) is 12.5 Å². The second kappa shape index (κ2) is 11.5. The van der Waals surface area contributed by atoms with Gasteiger partial charge in [-0.3, -0.25) is 9.59 Å². The number of ether oxygens (including phenoxy) is 1. The molecule has 0 fully saturated rings. The minimum Gasteiger partial charge on any atom is -0.383 e. The number of nitrogen functional groups attached to an aromatic ring is 1. The van der Waals surface area contributed by atoms with Gasteiger partial charge in [0.2, 0.25) is 0 Å². The highest BCUT2D eigenvalue weighted by atomic mass is 28.3. The van der Waals surface area contributed by atoms with E-state index in [-0.39, 0.29) is 12.6 Å². The van der Waals surface area contributed by atoms with Crippen LogP contribution in [-0.2, 0) is 27.6 Å². The Labute approximate surface area is 207 Å². The molecular formula is C25H36N6O3Si. The third kappa shape index (κ3) is 7.37. The zero-order valence-electron chi connectivity index (χ0n) is 21.2. The fraction of sp³-hybridized carbons (Fsp3) is 0.440. The van der Waals surface area contributed by atoms with Crippen LogP contribution in [0.3, 0.4) is 0 Å². The first kappa shape index (κ1) is 26.4. The van der Waals surface area contributed by atoms with Crippen LogP contribution in [0.5, 0.6) is 0 Å². The van der Waals surface area contributed by atoms with E-state index >= 15 is 0 Å². The molecule has 3 N–H and O–H groups in total. The third-order valence-corrected chi connectivity index (χ3v) is 7.15. The van der Waals surface area contributed by atoms with E-state index in [1.807, 2.05) is 44.2 Å². The van der Waals surface area contributed by atoms with Gasteiger partial charge in [0.15, 0.2) is 0 Å². The number of fused-ring (bicyclic) bond motifs is 1. The number of rotatable bonds is 10. The molecule has 2 heterocycles. The van der Waals surface area contributed by atoms with Crippen molar-refractivity contribution in [3.8, 4) is 0 Å². The molecule has 0 aliphatic heterocycles. The van der Waals surface area contributed by atoms with Gasteiger partial charge in [0.05, 0.1) is 29.0 Å². The molecule has 35 heavy (non-hydrogen) atoms. The maximum atomic E-state index is 13.1. The van der Waals surface area contributed by atoms with Crippen molar-refractivity contribution in [3.05, 3.63) is 48.3 Å². The van der Waals surface area contributed by atoms with E-state index in [4.69, 9.17) is 10.5 Å². The van der Waals surface area contributed by atoms with Crippen molar-refractivity contribution in [1.29, 1.82) is 0 Å². The molecule has 0 saturated heterocycles. The number of anilines is 2. The van der Waals surface area contributed by atoms with Crippen molar-refractivity contribution >= 4 is 42.3 Å². The number of amides is 2. The minimum atomic E-state index is -1.22. The molecule has 2 amide bonds. The number of carbonyl (C=O) groups is 2. The van der Waals surface area contributed by atoms with Crippen molar-refractivity contribution in [2.45, 2.75) is 52.8 Å². The molecule has 1 aromatic carbocycles. The van der Waals surface area contributed by atoms with Crippen LogP contribution in [-0.4, -0.2) is 52.7 Å². The van der Waals surface area contributed by atoms with Crippen LogP contribution in [0.25, 0.3) is 10.9 Å². The normalized spacial score (nSPS) is 11.7. The Morgan fingerprint density at radius 3 is 2.54 bits per heavy atom. The van der Waals surface area contributed by atoms with Crippen molar-refractivity contribution in [3.63, 3.8) is 0 Å². The lowest BCUT2D eigenvalue weighted by Gasteiger charge is -2.24. The molecule has 10 heteroatoms. The van der Waals surface area contributed by atoms with Crippen LogP contribution >= 0.6 is 0 Å². The van der Waals surface area contributed by atoms with Crippen LogP contribution in [0.1, 0.15) is 19.4 Å². The summed E-state index contributed by atoms with van der Waals surface area (Å²) in [6.07, 6.45) is 3.05. The van der Waals surface area contributed by atoms with Crippen LogP contribution in [0, 0.1) is 5.92 Å². The molecule has 3 aromatic rings. The van der Waals surface area contributed by atoms with E-state index in [1.165, 1.54) is 6.20 Å². The summed E-state index contributed by atoms with van der Waals surface area (Å²) in [6.45, 7) is 12.5. The predicted octanol–water partition coefficient (Wildman–Crippen LogP) is 3.95. The molecule has 0 aliphatic rings. The summed E-state index contributed by atoms with van der Waals surface area (Å²) in [5, 5.41) is 7.69. The van der Waals surface area contributed by atoms with Gasteiger partial charge in [-0.2, -0.15) is 5.10 Å². The van der Waals surface area contributed by atoms with E-state index in [0.29, 0.717) is 42.1 Å². The molecule has 0 atom stereocenters. The number of nitrogens with two attached hydrogens (primary N) is 1. The second-order valence-electron chi connectivity index (χ2n) is 10.3. The van der Waals surface area contributed by atoms with Crippen molar-refractivity contribution < 1.29 is 14.3 Å². The van der Waals surface area contributed by atoms with E-state index in [9.17, 15) is 9.59 Å². The van der Waals surface area contributed by atoms with Gasteiger partial charge in [0, 0.05) is 27.8 Å². The van der Waals surface area contributed by atoms with Gasteiger partial charge >= 0.3 is 11.8 Å². The monoisotopic (exact) mass is 496 g/mol. The fourth-order valence-electron chi connectivity index (χ4n) is 3.62. The Morgan fingerprint density at radius 1 is 1.17 bits per heavy atom. The minimum absolute atomic E-state index is 0.204. The number of pyridine rings is 1. The van der Waals surface area contributed by atoms with E-state index < -0.39 is 19.9 Å². The smallest absolute Gasteiger partial charge is 0.314 e. The third-order valence-electron chi connectivity index (χ3n) is 5.44. The SMILES string of the molecule is CC(C)CN(Cc1ccccc1)C(=O)C(=O)Nc1cnc(N)c2cnn(COCC[Si](C)(C)C)c12. The van der Waals surface area contributed by atoms with E-state index in [0.717, 1.165) is 11.6 Å². The zero-order valence-corrected chi connectivity index (χ0v) is 22.2. The van der Waals surface area contributed by atoms with Gasteiger partial charge in [-0.1, -0.05) is 63.8 Å². The highest BCUT2D eigenvalue weighted by Gasteiger charge is 2.25. The molecule has 0 radical (unpaired) electrons. The topological polar surface area (TPSA) is 115 Å². The van der Waals surface area contributed by atoms with Gasteiger partial charge in [-0.05, 0) is 17.5 Å². The van der Waals surface area contributed by atoms with Crippen molar-refractivity contribution in [1.82, 2.24) is 19.7 Å². The first-order chi connectivity index (χ1) is 16.5. The van der Waals surface area contributed by atoms with Crippen molar-refractivity contribution in [2.75, 3.05) is 24.2 Å². The lowest BCUT2D eigenvalue weighted by atomic mass is 10.1. The van der Waals surface area contributed by atoms with Gasteiger partial charge in [0.25, 0.3) is 0 Å². The Hall–Kier alpha value is -3.24. The largest absolute Gasteiger partial charge is 0.383 e. The Balaban J connectivity index is 1.79. The van der Waals surface area contributed by atoms with Gasteiger partial charge in [-0.25, -0.2) is 9.67 Å². The molecular weight excluding hydrogens is 460 g/mol. The molecule has 9 nitrogen and oxygen atoms in total. The summed E-state index contributed by atoms with van der Waals surface area (Å²) in [7, 11) is -1.22.